The molecule has 4 aromatic rings. The van der Waals surface area contributed by atoms with Crippen LogP contribution in [0.15, 0.2) is 48.8 Å². The highest BCUT2D eigenvalue weighted by Crippen LogP contribution is 2.34. The van der Waals surface area contributed by atoms with Crippen molar-refractivity contribution in [3.63, 3.8) is 0 Å². The summed E-state index contributed by atoms with van der Waals surface area (Å²) >= 11 is 1.80. The molecule has 1 N–H and O–H groups in total. The van der Waals surface area contributed by atoms with Crippen LogP contribution in [0, 0.1) is 0 Å². The van der Waals surface area contributed by atoms with E-state index in [-0.39, 0.29) is 5.91 Å². The van der Waals surface area contributed by atoms with Gasteiger partial charge in [0.05, 0.1) is 13.0 Å². The first-order chi connectivity index (χ1) is 13.7. The van der Waals surface area contributed by atoms with Crippen molar-refractivity contribution in [1.29, 1.82) is 0 Å². The summed E-state index contributed by atoms with van der Waals surface area (Å²) in [6, 6.07) is 12.0. The van der Waals surface area contributed by atoms with Gasteiger partial charge in [0, 0.05) is 52.2 Å². The van der Waals surface area contributed by atoms with Gasteiger partial charge in [-0.2, -0.15) is 0 Å². The van der Waals surface area contributed by atoms with Gasteiger partial charge in [0.15, 0.2) is 0 Å². The lowest BCUT2D eigenvalue weighted by molar-refractivity contribution is -0.130. The molecule has 1 saturated heterocycles. The minimum Gasteiger partial charge on any atom is -0.497 e. The summed E-state index contributed by atoms with van der Waals surface area (Å²) in [6.07, 6.45) is 3.83. The number of aromatic amines is 1. The third-order valence-electron chi connectivity index (χ3n) is 5.18. The molecule has 1 aliphatic rings. The standard InChI is InChI=1S/C21H20N4O2S/c1-27-15-4-5-19-16(10-15)17(18-9-14-3-2-6-22-21(14)23-18)11-25(19)12-20(26)24-7-8-28-13-24/h2-6,9-11H,7-8,12-13H2,1H3,(H,22,23). The number of nitrogens with one attached hydrogen (secondary N) is 1. The fourth-order valence-electron chi connectivity index (χ4n) is 3.71. The van der Waals surface area contributed by atoms with Gasteiger partial charge in [-0.05, 0) is 36.4 Å². The molecular weight excluding hydrogens is 372 g/mol. The SMILES string of the molecule is COc1ccc2c(c1)c(-c1cc3cccnc3[nH]1)cn2CC(=O)N1CCSC1. The van der Waals surface area contributed by atoms with Crippen LogP contribution in [-0.2, 0) is 11.3 Å². The molecule has 1 aliphatic heterocycles. The normalized spacial score (nSPS) is 14.2. The van der Waals surface area contributed by atoms with Crippen molar-refractivity contribution in [3.8, 4) is 17.0 Å². The van der Waals surface area contributed by atoms with Crippen LogP contribution in [0.3, 0.4) is 0 Å². The van der Waals surface area contributed by atoms with Gasteiger partial charge in [-0.15, -0.1) is 11.8 Å². The quantitative estimate of drug-likeness (QED) is 0.575. The number of hydrogen-bond acceptors (Lipinski definition) is 4. The minimum absolute atomic E-state index is 0.155. The van der Waals surface area contributed by atoms with Crippen LogP contribution < -0.4 is 4.74 Å². The summed E-state index contributed by atoms with van der Waals surface area (Å²) in [7, 11) is 1.67. The molecule has 28 heavy (non-hydrogen) atoms. The average molecular weight is 392 g/mol. The van der Waals surface area contributed by atoms with Crippen LogP contribution in [0.4, 0.5) is 0 Å². The van der Waals surface area contributed by atoms with Gasteiger partial charge in [0.1, 0.15) is 17.9 Å². The van der Waals surface area contributed by atoms with Crippen molar-refractivity contribution in [3.05, 3.63) is 48.8 Å². The zero-order valence-corrected chi connectivity index (χ0v) is 16.3. The second kappa shape index (κ2) is 6.91. The number of ether oxygens (including phenoxy) is 1. The molecule has 7 heteroatoms. The van der Waals surface area contributed by atoms with E-state index < -0.39 is 0 Å². The Hall–Kier alpha value is -2.93. The Morgan fingerprint density at radius 1 is 1.32 bits per heavy atom. The number of pyridine rings is 1. The molecule has 0 unspecified atom stereocenters. The molecule has 1 fully saturated rings. The van der Waals surface area contributed by atoms with E-state index in [1.165, 1.54) is 0 Å². The van der Waals surface area contributed by atoms with Crippen LogP contribution in [0.5, 0.6) is 5.75 Å². The number of amides is 1. The highest BCUT2D eigenvalue weighted by Gasteiger charge is 2.21. The molecule has 0 atom stereocenters. The Kier molecular flexibility index (Phi) is 4.24. The van der Waals surface area contributed by atoms with Gasteiger partial charge in [0.2, 0.25) is 5.91 Å². The predicted octanol–water partition coefficient (Wildman–Crippen LogP) is 3.73. The highest BCUT2D eigenvalue weighted by molar-refractivity contribution is 7.99. The number of hydrogen-bond donors (Lipinski definition) is 1. The average Bonchev–Trinajstić information content (AvgIpc) is 3.46. The molecule has 1 amide bonds. The van der Waals surface area contributed by atoms with Crippen LogP contribution in [-0.4, -0.2) is 50.6 Å². The smallest absolute Gasteiger partial charge is 0.243 e. The van der Waals surface area contributed by atoms with E-state index in [9.17, 15) is 4.79 Å². The zero-order valence-electron chi connectivity index (χ0n) is 15.5. The Morgan fingerprint density at radius 3 is 3.04 bits per heavy atom. The fourth-order valence-corrected chi connectivity index (χ4v) is 4.68. The molecule has 6 nitrogen and oxygen atoms in total. The number of thioether (sulfide) groups is 1. The molecule has 0 aliphatic carbocycles. The Balaban J connectivity index is 1.62. The fraction of sp³-hybridized carbons (Fsp3) is 0.238. The summed E-state index contributed by atoms with van der Waals surface area (Å²) in [5.41, 5.74) is 3.89. The molecule has 1 aromatic carbocycles. The Labute approximate surface area is 166 Å². The largest absolute Gasteiger partial charge is 0.497 e. The van der Waals surface area contributed by atoms with Crippen molar-refractivity contribution in [2.24, 2.45) is 0 Å². The molecule has 4 heterocycles. The van der Waals surface area contributed by atoms with Crippen molar-refractivity contribution in [2.75, 3.05) is 25.3 Å². The lowest BCUT2D eigenvalue weighted by Gasteiger charge is -2.15. The maximum absolute atomic E-state index is 12.7. The van der Waals surface area contributed by atoms with E-state index >= 15 is 0 Å². The number of benzene rings is 1. The van der Waals surface area contributed by atoms with Gasteiger partial charge in [-0.3, -0.25) is 4.79 Å². The van der Waals surface area contributed by atoms with Crippen molar-refractivity contribution in [2.45, 2.75) is 6.54 Å². The summed E-state index contributed by atoms with van der Waals surface area (Å²) in [6.45, 7) is 1.17. The first-order valence-corrected chi connectivity index (χ1v) is 10.3. The monoisotopic (exact) mass is 392 g/mol. The third-order valence-corrected chi connectivity index (χ3v) is 6.15. The lowest BCUT2D eigenvalue weighted by atomic mass is 10.1. The molecule has 3 aromatic heterocycles. The van der Waals surface area contributed by atoms with Gasteiger partial charge >= 0.3 is 0 Å². The van der Waals surface area contributed by atoms with E-state index in [0.29, 0.717) is 6.54 Å². The summed E-state index contributed by atoms with van der Waals surface area (Å²) in [4.78, 5) is 22.4. The van der Waals surface area contributed by atoms with E-state index in [4.69, 9.17) is 4.74 Å². The summed E-state index contributed by atoms with van der Waals surface area (Å²) in [5.74, 6) is 2.75. The lowest BCUT2D eigenvalue weighted by Crippen LogP contribution is -2.30. The topological polar surface area (TPSA) is 63.1 Å². The van der Waals surface area contributed by atoms with E-state index in [1.807, 2.05) is 39.8 Å². The molecule has 0 radical (unpaired) electrons. The number of H-pyrrole nitrogens is 1. The predicted molar refractivity (Wildman–Crippen MR) is 113 cm³/mol. The summed E-state index contributed by atoms with van der Waals surface area (Å²) in [5, 5.41) is 2.11. The van der Waals surface area contributed by atoms with Gasteiger partial charge in [-0.25, -0.2) is 4.98 Å². The number of carbonyl (C=O) groups is 1. The minimum atomic E-state index is 0.155. The van der Waals surface area contributed by atoms with Gasteiger partial charge in [-0.1, -0.05) is 0 Å². The second-order valence-electron chi connectivity index (χ2n) is 6.87. The van der Waals surface area contributed by atoms with E-state index in [0.717, 1.165) is 57.1 Å². The number of aromatic nitrogens is 3. The van der Waals surface area contributed by atoms with E-state index in [2.05, 4.69) is 22.2 Å². The Morgan fingerprint density at radius 2 is 2.25 bits per heavy atom. The Bertz CT molecular complexity index is 1140. The second-order valence-corrected chi connectivity index (χ2v) is 7.95. The summed E-state index contributed by atoms with van der Waals surface area (Å²) < 4.78 is 7.47. The maximum atomic E-state index is 12.7. The number of methoxy groups -OCH3 is 1. The molecule has 5 rings (SSSR count). The molecule has 0 spiro atoms. The maximum Gasteiger partial charge on any atom is 0.243 e. The van der Waals surface area contributed by atoms with Crippen molar-refractivity contribution < 1.29 is 9.53 Å². The van der Waals surface area contributed by atoms with Gasteiger partial charge < -0.3 is 19.2 Å². The third kappa shape index (κ3) is 2.92. The van der Waals surface area contributed by atoms with Crippen LogP contribution in [0.2, 0.25) is 0 Å². The molecule has 142 valence electrons. The molecule has 0 bridgehead atoms. The van der Waals surface area contributed by atoms with Crippen molar-refractivity contribution >= 4 is 39.6 Å². The number of carbonyl (C=O) groups excluding carboxylic acids is 1. The van der Waals surface area contributed by atoms with Crippen LogP contribution >= 0.6 is 11.8 Å². The van der Waals surface area contributed by atoms with E-state index in [1.54, 1.807) is 25.1 Å². The number of rotatable bonds is 4. The highest BCUT2D eigenvalue weighted by atomic mass is 32.2. The molecular formula is C21H20N4O2S. The number of nitrogens with zero attached hydrogens (tertiary/aromatic N) is 3. The molecule has 0 saturated carbocycles. The van der Waals surface area contributed by atoms with Crippen LogP contribution in [0.25, 0.3) is 33.2 Å². The number of fused-ring (bicyclic) bond motifs is 2. The zero-order chi connectivity index (χ0) is 19.1. The van der Waals surface area contributed by atoms with Crippen LogP contribution in [0.1, 0.15) is 0 Å². The first-order valence-electron chi connectivity index (χ1n) is 9.19. The first kappa shape index (κ1) is 17.2. The van der Waals surface area contributed by atoms with Crippen molar-refractivity contribution in [1.82, 2.24) is 19.4 Å². The van der Waals surface area contributed by atoms with Gasteiger partial charge in [0.25, 0.3) is 0 Å².